The maximum Gasteiger partial charge on any atom is 0.410 e. The highest BCUT2D eigenvalue weighted by Crippen LogP contribution is 2.18. The number of hydrogen-bond acceptors (Lipinski definition) is 3. The van der Waals surface area contributed by atoms with Gasteiger partial charge in [0.2, 0.25) is 0 Å². The maximum atomic E-state index is 14.4. The molecule has 0 radical (unpaired) electrons. The molecular formula is C16H23FIN3O3. The van der Waals surface area contributed by atoms with E-state index in [0.29, 0.717) is 18.7 Å². The Morgan fingerprint density at radius 1 is 1.50 bits per heavy atom. The molecule has 2 atom stereocenters. The molecule has 1 unspecified atom stereocenters. The molecule has 1 aliphatic heterocycles. The third-order valence-electron chi connectivity index (χ3n) is 3.65. The molecule has 1 saturated heterocycles. The summed E-state index contributed by atoms with van der Waals surface area (Å²) in [6.07, 6.45) is 0.269. The van der Waals surface area contributed by atoms with Gasteiger partial charge in [-0.25, -0.2) is 9.18 Å². The van der Waals surface area contributed by atoms with Crippen LogP contribution in [0.3, 0.4) is 0 Å². The van der Waals surface area contributed by atoms with Crippen LogP contribution in [0, 0.1) is 0 Å². The molecule has 6 nitrogen and oxygen atoms in total. The number of carbonyl (C=O) groups is 2. The van der Waals surface area contributed by atoms with Gasteiger partial charge in [-0.3, -0.25) is 4.79 Å². The van der Waals surface area contributed by atoms with Gasteiger partial charge < -0.3 is 19.9 Å². The van der Waals surface area contributed by atoms with Crippen LogP contribution in [0.5, 0.6) is 0 Å². The SMILES string of the molecule is CC(C)(C)OC(=O)N1CCC(NC(=O)c2cc(CI)c[nH]2)[C@@H](F)C1. The molecule has 1 aliphatic rings. The number of H-pyrrole nitrogens is 1. The predicted octanol–water partition coefficient (Wildman–Crippen LogP) is 3.03. The molecule has 0 saturated carbocycles. The van der Waals surface area contributed by atoms with Crippen LogP contribution >= 0.6 is 22.6 Å². The van der Waals surface area contributed by atoms with Gasteiger partial charge in [-0.2, -0.15) is 0 Å². The van der Waals surface area contributed by atoms with Crippen LogP contribution in [0.2, 0.25) is 0 Å². The van der Waals surface area contributed by atoms with Crippen LogP contribution < -0.4 is 5.32 Å². The number of carbonyl (C=O) groups excluding carboxylic acids is 2. The van der Waals surface area contributed by atoms with E-state index in [1.54, 1.807) is 33.0 Å². The van der Waals surface area contributed by atoms with Gasteiger partial charge >= 0.3 is 6.09 Å². The number of piperidine rings is 1. The van der Waals surface area contributed by atoms with Crippen molar-refractivity contribution in [3.05, 3.63) is 23.5 Å². The standard InChI is InChI=1S/C16H23FIN3O3/c1-16(2,3)24-15(23)21-5-4-12(11(17)9-21)20-14(22)13-6-10(7-18)8-19-13/h6,8,11-12,19H,4-5,7,9H2,1-3H3,(H,20,22)/t11-,12?/m0/s1. The summed E-state index contributed by atoms with van der Waals surface area (Å²) in [6, 6.07) is 1.15. The third kappa shape index (κ3) is 5.09. The van der Waals surface area contributed by atoms with Crippen molar-refractivity contribution in [2.24, 2.45) is 0 Å². The van der Waals surface area contributed by atoms with Crippen molar-refractivity contribution in [1.82, 2.24) is 15.2 Å². The van der Waals surface area contributed by atoms with Crippen LogP contribution in [-0.2, 0) is 9.16 Å². The fourth-order valence-corrected chi connectivity index (χ4v) is 2.89. The summed E-state index contributed by atoms with van der Waals surface area (Å²) in [5.41, 5.74) is 0.818. The van der Waals surface area contributed by atoms with Crippen LogP contribution in [-0.4, -0.2) is 52.8 Å². The Morgan fingerprint density at radius 2 is 2.21 bits per heavy atom. The Balaban J connectivity index is 1.89. The molecule has 8 heteroatoms. The highest BCUT2D eigenvalue weighted by molar-refractivity contribution is 14.1. The minimum atomic E-state index is -1.32. The number of rotatable bonds is 3. The first-order valence-corrected chi connectivity index (χ1v) is 9.38. The molecular weight excluding hydrogens is 428 g/mol. The monoisotopic (exact) mass is 451 g/mol. The lowest BCUT2D eigenvalue weighted by Crippen LogP contribution is -2.54. The first kappa shape index (κ1) is 19.0. The molecule has 0 bridgehead atoms. The average Bonchev–Trinajstić information content (AvgIpc) is 2.96. The molecule has 24 heavy (non-hydrogen) atoms. The predicted molar refractivity (Wildman–Crippen MR) is 97.1 cm³/mol. The van der Waals surface area contributed by atoms with Gasteiger partial charge in [-0.15, -0.1) is 0 Å². The Labute approximate surface area is 154 Å². The van der Waals surface area contributed by atoms with Crippen LogP contribution in [0.25, 0.3) is 0 Å². The highest BCUT2D eigenvalue weighted by atomic mass is 127. The van der Waals surface area contributed by atoms with Crippen molar-refractivity contribution in [3.63, 3.8) is 0 Å². The number of aromatic amines is 1. The maximum absolute atomic E-state index is 14.4. The van der Waals surface area contributed by atoms with E-state index in [0.717, 1.165) is 9.99 Å². The van der Waals surface area contributed by atoms with Gasteiger partial charge in [0.05, 0.1) is 12.6 Å². The quantitative estimate of drug-likeness (QED) is 0.548. The zero-order valence-corrected chi connectivity index (χ0v) is 16.2. The molecule has 2 N–H and O–H groups in total. The number of ether oxygens (including phenoxy) is 1. The molecule has 2 heterocycles. The fourth-order valence-electron chi connectivity index (χ4n) is 2.45. The van der Waals surface area contributed by atoms with E-state index in [-0.39, 0.29) is 12.5 Å². The summed E-state index contributed by atoms with van der Waals surface area (Å²) >= 11 is 2.20. The summed E-state index contributed by atoms with van der Waals surface area (Å²) in [4.78, 5) is 28.4. The minimum Gasteiger partial charge on any atom is -0.444 e. The van der Waals surface area contributed by atoms with Gasteiger partial charge in [0, 0.05) is 17.2 Å². The number of aromatic nitrogens is 1. The molecule has 0 spiro atoms. The topological polar surface area (TPSA) is 74.4 Å². The van der Waals surface area contributed by atoms with E-state index in [1.807, 2.05) is 0 Å². The zero-order chi connectivity index (χ0) is 17.9. The molecule has 1 fully saturated rings. The van der Waals surface area contributed by atoms with E-state index in [2.05, 4.69) is 32.9 Å². The fraction of sp³-hybridized carbons (Fsp3) is 0.625. The summed E-state index contributed by atoms with van der Waals surface area (Å²) in [5.74, 6) is -0.329. The van der Waals surface area contributed by atoms with E-state index < -0.39 is 23.9 Å². The number of alkyl halides is 2. The molecule has 0 aromatic carbocycles. The second kappa shape index (κ2) is 7.71. The number of halogens is 2. The van der Waals surface area contributed by atoms with Crippen LogP contribution in [0.1, 0.15) is 43.2 Å². The lowest BCUT2D eigenvalue weighted by Gasteiger charge is -2.35. The molecule has 1 aromatic rings. The summed E-state index contributed by atoms with van der Waals surface area (Å²) in [5, 5.41) is 2.70. The van der Waals surface area contributed by atoms with Crippen molar-refractivity contribution < 1.29 is 18.7 Å². The van der Waals surface area contributed by atoms with Crippen molar-refractivity contribution in [2.75, 3.05) is 13.1 Å². The van der Waals surface area contributed by atoms with Crippen LogP contribution in [0.15, 0.2) is 12.3 Å². The summed E-state index contributed by atoms with van der Waals surface area (Å²) < 4.78 is 20.4. The first-order chi connectivity index (χ1) is 11.2. The van der Waals surface area contributed by atoms with E-state index >= 15 is 0 Å². The third-order valence-corrected chi connectivity index (χ3v) is 4.53. The molecule has 2 rings (SSSR count). The largest absolute Gasteiger partial charge is 0.444 e. The number of likely N-dealkylation sites (tertiary alicyclic amines) is 1. The highest BCUT2D eigenvalue weighted by Gasteiger charge is 2.34. The zero-order valence-electron chi connectivity index (χ0n) is 14.1. The van der Waals surface area contributed by atoms with Gasteiger partial charge in [0.1, 0.15) is 17.5 Å². The van der Waals surface area contributed by atoms with Gasteiger partial charge in [0.15, 0.2) is 0 Å². The van der Waals surface area contributed by atoms with E-state index in [9.17, 15) is 14.0 Å². The van der Waals surface area contributed by atoms with Crippen molar-refractivity contribution >= 4 is 34.6 Å². The Bertz CT molecular complexity index is 600. The lowest BCUT2D eigenvalue weighted by molar-refractivity contribution is 0.00971. The van der Waals surface area contributed by atoms with Gasteiger partial charge in [-0.05, 0) is 38.8 Å². The number of nitrogens with one attached hydrogen (secondary N) is 2. The number of hydrogen-bond donors (Lipinski definition) is 2. The Hall–Kier alpha value is -1.32. The summed E-state index contributed by atoms with van der Waals surface area (Å²) in [7, 11) is 0. The van der Waals surface area contributed by atoms with Crippen LogP contribution in [0.4, 0.5) is 9.18 Å². The lowest BCUT2D eigenvalue weighted by atomic mass is 10.0. The smallest absolute Gasteiger partial charge is 0.410 e. The van der Waals surface area contributed by atoms with Crippen molar-refractivity contribution in [2.45, 2.75) is 49.4 Å². The van der Waals surface area contributed by atoms with Gasteiger partial charge in [-0.1, -0.05) is 22.6 Å². The molecule has 0 aliphatic carbocycles. The molecule has 2 amide bonds. The van der Waals surface area contributed by atoms with E-state index in [1.165, 1.54) is 4.90 Å². The first-order valence-electron chi connectivity index (χ1n) is 7.85. The van der Waals surface area contributed by atoms with Crippen molar-refractivity contribution in [3.8, 4) is 0 Å². The normalized spacial score (nSPS) is 21.5. The Morgan fingerprint density at radius 3 is 2.75 bits per heavy atom. The summed E-state index contributed by atoms with van der Waals surface area (Å²) in [6.45, 7) is 5.58. The van der Waals surface area contributed by atoms with E-state index in [4.69, 9.17) is 4.74 Å². The second-order valence-corrected chi connectivity index (χ2v) is 7.63. The van der Waals surface area contributed by atoms with Gasteiger partial charge in [0.25, 0.3) is 5.91 Å². The minimum absolute atomic E-state index is 0.0798. The average molecular weight is 451 g/mol. The molecule has 134 valence electrons. The second-order valence-electron chi connectivity index (χ2n) is 6.87. The molecule has 1 aromatic heterocycles. The number of nitrogens with zero attached hydrogens (tertiary/aromatic N) is 1. The Kier molecular flexibility index (Phi) is 6.11. The van der Waals surface area contributed by atoms with Crippen molar-refractivity contribution in [1.29, 1.82) is 0 Å². The number of amides is 2.